The van der Waals surface area contributed by atoms with Crippen molar-refractivity contribution in [1.29, 1.82) is 0 Å². The second kappa shape index (κ2) is 5.57. The summed E-state index contributed by atoms with van der Waals surface area (Å²) in [6.45, 7) is 4.77. The minimum absolute atomic E-state index is 0.181. The zero-order valence-corrected chi connectivity index (χ0v) is 11.6. The number of amides is 1. The van der Waals surface area contributed by atoms with E-state index in [1.54, 1.807) is 13.8 Å². The summed E-state index contributed by atoms with van der Waals surface area (Å²) in [7, 11) is 0. The number of rotatable bonds is 5. The Balaban J connectivity index is 3.44. The molecule has 1 aromatic carbocycles. The van der Waals surface area contributed by atoms with Gasteiger partial charge in [-0.3, -0.25) is 4.79 Å². The van der Waals surface area contributed by atoms with Gasteiger partial charge >= 0.3 is 5.97 Å². The van der Waals surface area contributed by atoms with Gasteiger partial charge in [0.05, 0.1) is 5.02 Å². The Morgan fingerprint density at radius 2 is 2.11 bits per heavy atom. The predicted molar refractivity (Wildman–Crippen MR) is 69.4 cm³/mol. The number of hydrogen-bond donors (Lipinski definition) is 1. The van der Waals surface area contributed by atoms with Gasteiger partial charge in [-0.25, -0.2) is 9.18 Å². The van der Waals surface area contributed by atoms with Crippen LogP contribution in [0, 0.1) is 5.82 Å². The van der Waals surface area contributed by atoms with Gasteiger partial charge in [0.25, 0.3) is 0 Å². The molecule has 1 unspecified atom stereocenters. The van der Waals surface area contributed by atoms with E-state index in [1.165, 1.54) is 19.1 Å². The molecule has 0 heterocycles. The van der Waals surface area contributed by atoms with Crippen molar-refractivity contribution in [3.8, 4) is 0 Å². The van der Waals surface area contributed by atoms with E-state index in [-0.39, 0.29) is 16.6 Å². The van der Waals surface area contributed by atoms with E-state index in [0.29, 0.717) is 6.41 Å². The lowest BCUT2D eigenvalue weighted by Crippen LogP contribution is -2.52. The first-order valence-electron chi connectivity index (χ1n) is 5.67. The number of hydrogen-bond acceptors (Lipinski definition) is 2. The van der Waals surface area contributed by atoms with Crippen molar-refractivity contribution in [2.75, 3.05) is 0 Å². The lowest BCUT2D eigenvalue weighted by molar-refractivity contribution is -0.156. The molecule has 1 aromatic rings. The molecule has 0 aromatic heterocycles. The fourth-order valence-electron chi connectivity index (χ4n) is 1.93. The number of benzene rings is 1. The first-order valence-corrected chi connectivity index (χ1v) is 6.05. The number of aliphatic carboxylic acids is 1. The standard InChI is InChI=1S/C13H15ClFNO3/c1-8(2)16(7-17)13(3,12(18)19)9-4-5-11(15)10(14)6-9/h4-8H,1-3H3,(H,18,19). The Morgan fingerprint density at radius 3 is 2.47 bits per heavy atom. The van der Waals surface area contributed by atoms with E-state index in [1.807, 2.05) is 0 Å². The van der Waals surface area contributed by atoms with E-state index in [9.17, 15) is 19.1 Å². The van der Waals surface area contributed by atoms with Crippen LogP contribution >= 0.6 is 11.6 Å². The molecular weight excluding hydrogens is 273 g/mol. The zero-order valence-electron chi connectivity index (χ0n) is 10.9. The van der Waals surface area contributed by atoms with Crippen molar-refractivity contribution in [1.82, 2.24) is 4.90 Å². The molecule has 0 saturated carbocycles. The summed E-state index contributed by atoms with van der Waals surface area (Å²) in [4.78, 5) is 23.9. The number of carbonyl (C=O) groups is 2. The first-order chi connectivity index (χ1) is 8.75. The van der Waals surface area contributed by atoms with E-state index >= 15 is 0 Å². The first kappa shape index (κ1) is 15.4. The lowest BCUT2D eigenvalue weighted by atomic mass is 9.89. The largest absolute Gasteiger partial charge is 0.479 e. The normalized spacial score (nSPS) is 14.0. The zero-order chi connectivity index (χ0) is 14.8. The molecule has 6 heteroatoms. The molecule has 19 heavy (non-hydrogen) atoms. The van der Waals surface area contributed by atoms with Crippen LogP contribution in [0.15, 0.2) is 18.2 Å². The van der Waals surface area contributed by atoms with Crippen LogP contribution in [0.1, 0.15) is 26.3 Å². The molecule has 0 saturated heterocycles. The summed E-state index contributed by atoms with van der Waals surface area (Å²) < 4.78 is 13.2. The fraction of sp³-hybridized carbons (Fsp3) is 0.385. The number of nitrogens with zero attached hydrogens (tertiary/aromatic N) is 1. The van der Waals surface area contributed by atoms with Crippen LogP contribution in [0.25, 0.3) is 0 Å². The average Bonchev–Trinajstić information content (AvgIpc) is 2.32. The Bertz CT molecular complexity index is 507. The second-order valence-corrected chi connectivity index (χ2v) is 5.02. The summed E-state index contributed by atoms with van der Waals surface area (Å²) in [5.41, 5.74) is -1.36. The van der Waals surface area contributed by atoms with Gasteiger partial charge in [-0.1, -0.05) is 17.7 Å². The molecule has 104 valence electrons. The fourth-order valence-corrected chi connectivity index (χ4v) is 2.11. The maximum atomic E-state index is 13.2. The second-order valence-electron chi connectivity index (χ2n) is 4.61. The molecule has 1 amide bonds. The third-order valence-electron chi connectivity index (χ3n) is 3.08. The van der Waals surface area contributed by atoms with Crippen LogP contribution in [0.3, 0.4) is 0 Å². The molecule has 0 aliphatic heterocycles. The third-order valence-corrected chi connectivity index (χ3v) is 3.37. The summed E-state index contributed by atoms with van der Waals surface area (Å²) in [6.07, 6.45) is 0.468. The number of carboxylic acid groups (broad SMARTS) is 1. The Hall–Kier alpha value is -1.62. The quantitative estimate of drug-likeness (QED) is 0.847. The van der Waals surface area contributed by atoms with Gasteiger partial charge in [-0.05, 0) is 38.5 Å². The van der Waals surface area contributed by atoms with E-state index in [4.69, 9.17) is 11.6 Å². The maximum Gasteiger partial charge on any atom is 0.334 e. The molecule has 0 aliphatic rings. The van der Waals surface area contributed by atoms with Gasteiger partial charge < -0.3 is 10.0 Å². The van der Waals surface area contributed by atoms with Crippen LogP contribution in [0.5, 0.6) is 0 Å². The highest BCUT2D eigenvalue weighted by molar-refractivity contribution is 6.30. The molecule has 1 atom stereocenters. The minimum atomic E-state index is -1.60. The van der Waals surface area contributed by atoms with E-state index < -0.39 is 17.3 Å². The highest BCUT2D eigenvalue weighted by Gasteiger charge is 2.42. The Kier molecular flexibility index (Phi) is 4.52. The third kappa shape index (κ3) is 2.71. The molecule has 0 bridgehead atoms. The number of carboxylic acids is 1. The Morgan fingerprint density at radius 1 is 1.53 bits per heavy atom. The van der Waals surface area contributed by atoms with Crippen molar-refractivity contribution in [3.05, 3.63) is 34.6 Å². The molecular formula is C13H15ClFNO3. The van der Waals surface area contributed by atoms with Gasteiger partial charge in [-0.2, -0.15) is 0 Å². The molecule has 0 radical (unpaired) electrons. The van der Waals surface area contributed by atoms with Gasteiger partial charge in [0, 0.05) is 6.04 Å². The van der Waals surface area contributed by atoms with Gasteiger partial charge in [0.1, 0.15) is 5.82 Å². The minimum Gasteiger partial charge on any atom is -0.479 e. The van der Waals surface area contributed by atoms with Gasteiger partial charge in [0.15, 0.2) is 5.54 Å². The smallest absolute Gasteiger partial charge is 0.334 e. The van der Waals surface area contributed by atoms with Crippen LogP contribution in [0.2, 0.25) is 5.02 Å². The number of carbonyl (C=O) groups excluding carboxylic acids is 1. The summed E-state index contributed by atoms with van der Waals surface area (Å²) in [5.74, 6) is -1.85. The average molecular weight is 288 g/mol. The summed E-state index contributed by atoms with van der Waals surface area (Å²) >= 11 is 5.68. The monoisotopic (exact) mass is 287 g/mol. The molecule has 0 aliphatic carbocycles. The Labute approximate surface area is 115 Å². The van der Waals surface area contributed by atoms with Crippen LogP contribution < -0.4 is 0 Å². The van der Waals surface area contributed by atoms with Crippen molar-refractivity contribution in [2.45, 2.75) is 32.4 Å². The van der Waals surface area contributed by atoms with E-state index in [2.05, 4.69) is 0 Å². The summed E-state index contributed by atoms with van der Waals surface area (Å²) in [6, 6.07) is 3.29. The molecule has 1 rings (SSSR count). The van der Waals surface area contributed by atoms with Crippen LogP contribution in [-0.4, -0.2) is 28.4 Å². The molecule has 1 N–H and O–H groups in total. The number of halogens is 2. The molecule has 0 fully saturated rings. The van der Waals surface area contributed by atoms with Gasteiger partial charge in [0.2, 0.25) is 6.41 Å². The highest BCUT2D eigenvalue weighted by Crippen LogP contribution is 2.32. The topological polar surface area (TPSA) is 57.6 Å². The molecule has 0 spiro atoms. The van der Waals surface area contributed by atoms with Crippen molar-refractivity contribution >= 4 is 24.0 Å². The van der Waals surface area contributed by atoms with Crippen LogP contribution in [0.4, 0.5) is 4.39 Å². The van der Waals surface area contributed by atoms with Crippen molar-refractivity contribution in [2.24, 2.45) is 0 Å². The highest BCUT2D eigenvalue weighted by atomic mass is 35.5. The van der Waals surface area contributed by atoms with Gasteiger partial charge in [-0.15, -0.1) is 0 Å². The molecule has 4 nitrogen and oxygen atoms in total. The maximum absolute atomic E-state index is 13.2. The van der Waals surface area contributed by atoms with E-state index in [0.717, 1.165) is 11.0 Å². The van der Waals surface area contributed by atoms with Crippen LogP contribution in [-0.2, 0) is 15.1 Å². The predicted octanol–water partition coefficient (Wildman–Crippen LogP) is 2.65. The SMILES string of the molecule is CC(C)N(C=O)C(C)(C(=O)O)c1ccc(F)c(Cl)c1. The summed E-state index contributed by atoms with van der Waals surface area (Å²) in [5, 5.41) is 9.28. The van der Waals surface area contributed by atoms with Crippen molar-refractivity contribution < 1.29 is 19.1 Å². The lowest BCUT2D eigenvalue weighted by Gasteiger charge is -2.38. The van der Waals surface area contributed by atoms with Crippen molar-refractivity contribution in [3.63, 3.8) is 0 Å².